The Hall–Kier alpha value is -1.84. The van der Waals surface area contributed by atoms with Gasteiger partial charge in [0.05, 0.1) is 6.61 Å². The lowest BCUT2D eigenvalue weighted by atomic mass is 10.0. The Morgan fingerprint density at radius 3 is 2.35 bits per heavy atom. The van der Waals surface area contributed by atoms with Gasteiger partial charge in [-0.15, -0.1) is 0 Å². The zero-order chi connectivity index (χ0) is 15.4. The highest BCUT2D eigenvalue weighted by Gasteiger charge is 2.05. The molecule has 0 saturated carbocycles. The number of esters is 2. The molecule has 4 heteroatoms. The van der Waals surface area contributed by atoms with Gasteiger partial charge in [0.2, 0.25) is 0 Å². The van der Waals surface area contributed by atoms with Gasteiger partial charge >= 0.3 is 11.9 Å². The van der Waals surface area contributed by atoms with Gasteiger partial charge in [0.15, 0.2) is 0 Å². The molecule has 0 rings (SSSR count). The van der Waals surface area contributed by atoms with E-state index in [4.69, 9.17) is 9.47 Å². The fourth-order valence-electron chi connectivity index (χ4n) is 1.52. The molecule has 0 aromatic heterocycles. The highest BCUT2D eigenvalue weighted by Crippen LogP contribution is 2.12. The van der Waals surface area contributed by atoms with E-state index in [9.17, 15) is 9.59 Å². The standard InChI is InChI=1S/C16H24O4/c1-5-15(17)19-11-10-13(3)8-7-9-14(4)12-20-16(18)6-2/h5-6,10,14H,1-2,7-9,11-12H2,3-4H3. The van der Waals surface area contributed by atoms with Crippen LogP contribution in [0.5, 0.6) is 0 Å². The third kappa shape index (κ3) is 10.1. The summed E-state index contributed by atoms with van der Waals surface area (Å²) < 4.78 is 9.84. The van der Waals surface area contributed by atoms with Gasteiger partial charge in [-0.2, -0.15) is 0 Å². The Morgan fingerprint density at radius 2 is 1.75 bits per heavy atom. The van der Waals surface area contributed by atoms with E-state index in [2.05, 4.69) is 13.2 Å². The first kappa shape index (κ1) is 18.2. The average Bonchev–Trinajstić information content (AvgIpc) is 2.44. The van der Waals surface area contributed by atoms with Crippen LogP contribution in [-0.4, -0.2) is 25.2 Å². The minimum absolute atomic E-state index is 0.281. The van der Waals surface area contributed by atoms with Gasteiger partial charge in [0.1, 0.15) is 6.61 Å². The second-order valence-electron chi connectivity index (χ2n) is 4.72. The summed E-state index contributed by atoms with van der Waals surface area (Å²) in [7, 11) is 0. The third-order valence-electron chi connectivity index (χ3n) is 2.77. The molecule has 0 aliphatic rings. The monoisotopic (exact) mass is 280 g/mol. The second kappa shape index (κ2) is 11.0. The number of rotatable bonds is 10. The summed E-state index contributed by atoms with van der Waals surface area (Å²) in [6, 6.07) is 0. The van der Waals surface area contributed by atoms with Crippen LogP contribution in [0.4, 0.5) is 0 Å². The largest absolute Gasteiger partial charge is 0.462 e. The van der Waals surface area contributed by atoms with Gasteiger partial charge in [-0.05, 0) is 38.2 Å². The molecule has 0 aliphatic heterocycles. The van der Waals surface area contributed by atoms with Crippen LogP contribution in [0.15, 0.2) is 37.0 Å². The molecule has 0 saturated heterocycles. The van der Waals surface area contributed by atoms with Crippen LogP contribution in [0.2, 0.25) is 0 Å². The molecular formula is C16H24O4. The normalized spacial score (nSPS) is 12.4. The van der Waals surface area contributed by atoms with Gasteiger partial charge in [-0.1, -0.05) is 25.7 Å². The first-order chi connectivity index (χ1) is 9.49. The molecule has 0 spiro atoms. The van der Waals surface area contributed by atoms with Crippen LogP contribution in [0.3, 0.4) is 0 Å². The van der Waals surface area contributed by atoms with E-state index in [1.807, 2.05) is 19.9 Å². The number of hydrogen-bond donors (Lipinski definition) is 0. The van der Waals surface area contributed by atoms with Gasteiger partial charge < -0.3 is 9.47 Å². The van der Waals surface area contributed by atoms with Crippen LogP contribution >= 0.6 is 0 Å². The molecule has 4 nitrogen and oxygen atoms in total. The quantitative estimate of drug-likeness (QED) is 0.350. The summed E-state index contributed by atoms with van der Waals surface area (Å²) in [5, 5.41) is 0. The SMILES string of the molecule is C=CC(=O)OCC=C(C)CCCC(C)COC(=O)C=C. The highest BCUT2D eigenvalue weighted by molar-refractivity contribution is 5.81. The molecule has 0 amide bonds. The van der Waals surface area contributed by atoms with Crippen molar-refractivity contribution in [3.05, 3.63) is 37.0 Å². The molecular weight excluding hydrogens is 256 g/mol. The fourth-order valence-corrected chi connectivity index (χ4v) is 1.52. The third-order valence-corrected chi connectivity index (χ3v) is 2.77. The molecule has 0 radical (unpaired) electrons. The molecule has 0 bridgehead atoms. The Bertz CT molecular complexity index is 369. The van der Waals surface area contributed by atoms with E-state index < -0.39 is 5.97 Å². The Kier molecular flexibility index (Phi) is 10.0. The topological polar surface area (TPSA) is 52.6 Å². The summed E-state index contributed by atoms with van der Waals surface area (Å²) in [6.45, 7) is 11.4. The molecule has 20 heavy (non-hydrogen) atoms. The van der Waals surface area contributed by atoms with Gasteiger partial charge in [0.25, 0.3) is 0 Å². The van der Waals surface area contributed by atoms with Crippen molar-refractivity contribution in [2.45, 2.75) is 33.1 Å². The Labute approximate surface area is 121 Å². The summed E-state index contributed by atoms with van der Waals surface area (Å²) in [4.78, 5) is 21.7. The number of allylic oxidation sites excluding steroid dienone is 1. The lowest BCUT2D eigenvalue weighted by Crippen LogP contribution is -2.09. The van der Waals surface area contributed by atoms with E-state index in [-0.39, 0.29) is 12.6 Å². The first-order valence-electron chi connectivity index (χ1n) is 6.73. The van der Waals surface area contributed by atoms with Crippen molar-refractivity contribution in [1.82, 2.24) is 0 Å². The van der Waals surface area contributed by atoms with E-state index in [1.54, 1.807) is 0 Å². The van der Waals surface area contributed by atoms with Crippen molar-refractivity contribution in [1.29, 1.82) is 0 Å². The van der Waals surface area contributed by atoms with Crippen molar-refractivity contribution in [2.24, 2.45) is 5.92 Å². The Balaban J connectivity index is 3.73. The molecule has 0 aliphatic carbocycles. The summed E-state index contributed by atoms with van der Waals surface area (Å²) in [5.74, 6) is -0.464. The zero-order valence-corrected chi connectivity index (χ0v) is 12.4. The fraction of sp³-hybridized carbons (Fsp3) is 0.500. The molecule has 112 valence electrons. The van der Waals surface area contributed by atoms with E-state index in [0.717, 1.165) is 25.3 Å². The van der Waals surface area contributed by atoms with Gasteiger partial charge in [-0.3, -0.25) is 0 Å². The maximum Gasteiger partial charge on any atom is 0.330 e. The maximum absolute atomic E-state index is 10.9. The lowest BCUT2D eigenvalue weighted by molar-refractivity contribution is -0.139. The molecule has 0 fully saturated rings. The average molecular weight is 280 g/mol. The van der Waals surface area contributed by atoms with E-state index >= 15 is 0 Å². The second-order valence-corrected chi connectivity index (χ2v) is 4.72. The molecule has 0 heterocycles. The smallest absolute Gasteiger partial charge is 0.330 e. The number of carbonyl (C=O) groups is 2. The van der Waals surface area contributed by atoms with Crippen LogP contribution in [-0.2, 0) is 19.1 Å². The van der Waals surface area contributed by atoms with Crippen molar-refractivity contribution >= 4 is 11.9 Å². The number of hydrogen-bond acceptors (Lipinski definition) is 4. The predicted octanol–water partition coefficient (Wildman–Crippen LogP) is 3.20. The van der Waals surface area contributed by atoms with E-state index in [0.29, 0.717) is 12.5 Å². The van der Waals surface area contributed by atoms with E-state index in [1.165, 1.54) is 11.6 Å². The summed E-state index contributed by atoms with van der Waals surface area (Å²) in [6.07, 6.45) is 7.13. The molecule has 0 aromatic carbocycles. The lowest BCUT2D eigenvalue weighted by Gasteiger charge is -2.11. The van der Waals surface area contributed by atoms with Crippen molar-refractivity contribution in [2.75, 3.05) is 13.2 Å². The first-order valence-corrected chi connectivity index (χ1v) is 6.73. The number of ether oxygens (including phenoxy) is 2. The van der Waals surface area contributed by atoms with Gasteiger partial charge in [-0.25, -0.2) is 9.59 Å². The van der Waals surface area contributed by atoms with Crippen molar-refractivity contribution < 1.29 is 19.1 Å². The predicted molar refractivity (Wildman–Crippen MR) is 79.1 cm³/mol. The minimum Gasteiger partial charge on any atom is -0.462 e. The van der Waals surface area contributed by atoms with Crippen molar-refractivity contribution in [3.8, 4) is 0 Å². The molecule has 1 atom stereocenters. The van der Waals surface area contributed by atoms with Crippen LogP contribution in [0.25, 0.3) is 0 Å². The summed E-state index contributed by atoms with van der Waals surface area (Å²) >= 11 is 0. The molecule has 0 N–H and O–H groups in total. The van der Waals surface area contributed by atoms with Crippen LogP contribution in [0.1, 0.15) is 33.1 Å². The summed E-state index contributed by atoms with van der Waals surface area (Å²) in [5.41, 5.74) is 1.18. The maximum atomic E-state index is 10.9. The Morgan fingerprint density at radius 1 is 1.15 bits per heavy atom. The molecule has 1 unspecified atom stereocenters. The van der Waals surface area contributed by atoms with Crippen LogP contribution in [0, 0.1) is 5.92 Å². The zero-order valence-electron chi connectivity index (χ0n) is 12.4. The van der Waals surface area contributed by atoms with Crippen molar-refractivity contribution in [3.63, 3.8) is 0 Å². The van der Waals surface area contributed by atoms with Gasteiger partial charge in [0, 0.05) is 12.2 Å². The molecule has 0 aromatic rings. The van der Waals surface area contributed by atoms with Crippen LogP contribution < -0.4 is 0 Å². The minimum atomic E-state index is -0.410. The highest BCUT2D eigenvalue weighted by atomic mass is 16.5. The number of carbonyl (C=O) groups excluding carboxylic acids is 2.